The smallest absolute Gasteiger partial charge is 0.331 e. The highest BCUT2D eigenvalue weighted by Crippen LogP contribution is 2.76. The van der Waals surface area contributed by atoms with Crippen LogP contribution in [0.4, 0.5) is 0 Å². The summed E-state index contributed by atoms with van der Waals surface area (Å²) in [7, 11) is 2.84. The summed E-state index contributed by atoms with van der Waals surface area (Å²) in [4.78, 5) is 44.9. The standard InChI is InChI=1S/C76H114O37/c1-30-58(109-63-53(91)48(86)41(28-101-63)107-65-54(92)49(87)45(83)38(25-77)104-65)52(90)57(95)64(102-30)111-61-60(110-66-55(93)50(88)46(84)39(26-78)105-66)59(108-44(82)15-11-32-10-13-36(99-8)37(22-32)100-9)31(2)103-68(61)113-70(98)75-19-18-71(3,4)23-34(75)33-12-14-42-72(5)24-35(81)62(112-67-56(94)51(89)47(85)40(27-79)106-67)74(7,69(96)97)43(72)16-17-73(42,6)76(33,29-80)21-20-75/h10-13,15,22,30-31,34-35,38-43,45-68,77-81,83-95H,14,16-21,23-29H2,1-9H3,(H,96,97)/t30-,31+,34-,35-,38+,39+,40+,41+,42+,43+,45-,46+,47+,48-,49-,50-,51-,52-,53+,54+,55+,56+,57+,58-,59-,60-,61+,62-,63-,64-,65-,66-,67-,68-,72+,73+,74-,75-,76-/m0/s1. The summed E-state index contributed by atoms with van der Waals surface area (Å²) >= 11 is 0. The maximum atomic E-state index is 16.4. The van der Waals surface area contributed by atoms with Crippen LogP contribution in [-0.4, -0.2) is 353 Å². The molecule has 0 bridgehead atoms. The third-order valence-electron chi connectivity index (χ3n) is 27.3. The lowest BCUT2D eigenvalue weighted by Crippen LogP contribution is -2.71. The first-order valence-corrected chi connectivity index (χ1v) is 38.7. The zero-order chi connectivity index (χ0) is 82.4. The van der Waals surface area contributed by atoms with Gasteiger partial charge in [0.1, 0.15) is 122 Å². The van der Waals surface area contributed by atoms with E-state index in [1.54, 1.807) is 18.2 Å². The average Bonchev–Trinajstić information content (AvgIpc) is 0.667. The minimum Gasteiger partial charge on any atom is -0.493 e. The minimum absolute atomic E-state index is 0.0433. The topological polar surface area (TPSA) is 574 Å². The van der Waals surface area contributed by atoms with Crippen LogP contribution < -0.4 is 9.47 Å². The third-order valence-corrected chi connectivity index (χ3v) is 27.3. The van der Waals surface area contributed by atoms with E-state index in [-0.39, 0.29) is 38.5 Å². The number of esters is 2. The number of carboxylic acids is 1. The number of allylic oxidation sites excluding steroid dienone is 1. The van der Waals surface area contributed by atoms with Crippen molar-refractivity contribution in [2.45, 2.75) is 297 Å². The van der Waals surface area contributed by atoms with Gasteiger partial charge >= 0.3 is 17.9 Å². The lowest BCUT2D eigenvalue weighted by atomic mass is 9.33. The maximum absolute atomic E-state index is 16.4. The Balaban J connectivity index is 0.867. The molecule has 0 amide bonds. The second-order valence-electron chi connectivity index (χ2n) is 34.1. The molecule has 0 aromatic heterocycles. The lowest BCUT2D eigenvalue weighted by molar-refractivity contribution is -0.393. The van der Waals surface area contributed by atoms with E-state index in [1.807, 2.05) is 26.8 Å². The van der Waals surface area contributed by atoms with Crippen LogP contribution in [0.25, 0.3) is 6.08 Å². The van der Waals surface area contributed by atoms with Crippen LogP contribution in [0, 0.1) is 50.2 Å². The van der Waals surface area contributed by atoms with Crippen molar-refractivity contribution in [3.8, 4) is 11.5 Å². The van der Waals surface area contributed by atoms with Crippen molar-refractivity contribution in [1.82, 2.24) is 0 Å². The van der Waals surface area contributed by atoms with E-state index in [1.165, 1.54) is 41.1 Å². The number of aliphatic carboxylic acids is 1. The number of methoxy groups -OCH3 is 2. The number of aliphatic hydroxyl groups excluding tert-OH is 18. The number of aliphatic hydroxyl groups is 18. The molecule has 0 unspecified atom stereocenters. The molecule has 113 heavy (non-hydrogen) atoms. The molecule has 4 saturated carbocycles. The van der Waals surface area contributed by atoms with Crippen LogP contribution in [0.1, 0.15) is 112 Å². The Morgan fingerprint density at radius 2 is 1.04 bits per heavy atom. The van der Waals surface area contributed by atoms with Gasteiger partial charge in [0.05, 0.1) is 76.4 Å². The first-order valence-electron chi connectivity index (χ1n) is 38.7. The molecule has 10 fully saturated rings. The van der Waals surface area contributed by atoms with E-state index in [4.69, 9.17) is 71.1 Å². The quantitative estimate of drug-likeness (QED) is 0.0226. The first-order chi connectivity index (χ1) is 53.3. The number of ether oxygens (including phenoxy) is 15. The van der Waals surface area contributed by atoms with E-state index in [0.29, 0.717) is 36.3 Å². The van der Waals surface area contributed by atoms with E-state index < -0.39 is 292 Å². The highest BCUT2D eigenvalue weighted by molar-refractivity contribution is 5.87. The van der Waals surface area contributed by atoms with Crippen molar-refractivity contribution in [3.05, 3.63) is 41.5 Å². The molecule has 37 heteroatoms. The molecular weight excluding hydrogens is 1500 g/mol. The molecule has 0 radical (unpaired) electrons. The Bertz CT molecular complexity index is 3530. The van der Waals surface area contributed by atoms with Gasteiger partial charge in [-0.15, -0.1) is 0 Å². The Hall–Kier alpha value is -4.45. The fourth-order valence-electron chi connectivity index (χ4n) is 20.7. The summed E-state index contributed by atoms with van der Waals surface area (Å²) in [5, 5.41) is 211. The number of benzene rings is 1. The van der Waals surface area contributed by atoms with Crippen LogP contribution in [0.2, 0.25) is 0 Å². The van der Waals surface area contributed by atoms with Gasteiger partial charge in [-0.2, -0.15) is 0 Å². The summed E-state index contributed by atoms with van der Waals surface area (Å²) in [6.07, 6.45) is -49.9. The Morgan fingerprint density at radius 3 is 1.62 bits per heavy atom. The Morgan fingerprint density at radius 1 is 0.522 bits per heavy atom. The van der Waals surface area contributed by atoms with E-state index >= 15 is 4.79 Å². The Kier molecular flexibility index (Phi) is 26.4. The normalized spacial score (nSPS) is 49.2. The molecule has 6 aliphatic heterocycles. The van der Waals surface area contributed by atoms with Gasteiger partial charge < -0.3 is 168 Å². The van der Waals surface area contributed by atoms with Crippen molar-refractivity contribution in [3.63, 3.8) is 0 Å². The number of carbonyl (C=O) groups is 3. The molecule has 640 valence electrons. The molecule has 6 heterocycles. The molecule has 5 aliphatic carbocycles. The van der Waals surface area contributed by atoms with Gasteiger partial charge in [0.25, 0.3) is 0 Å². The van der Waals surface area contributed by atoms with Gasteiger partial charge in [0.2, 0.25) is 6.29 Å². The molecule has 12 rings (SSSR count). The largest absolute Gasteiger partial charge is 0.493 e. The molecule has 1 aromatic carbocycles. The monoisotopic (exact) mass is 1620 g/mol. The van der Waals surface area contributed by atoms with Gasteiger partial charge in [-0.25, -0.2) is 4.79 Å². The van der Waals surface area contributed by atoms with Gasteiger partial charge in [-0.1, -0.05) is 45.4 Å². The number of rotatable bonds is 22. The number of hydrogen-bond acceptors (Lipinski definition) is 36. The maximum Gasteiger partial charge on any atom is 0.331 e. The molecule has 37 nitrogen and oxygen atoms in total. The van der Waals surface area contributed by atoms with Crippen molar-refractivity contribution >= 4 is 24.0 Å². The summed E-state index contributed by atoms with van der Waals surface area (Å²) in [5.41, 5.74) is -5.69. The predicted molar refractivity (Wildman–Crippen MR) is 376 cm³/mol. The van der Waals surface area contributed by atoms with Crippen molar-refractivity contribution in [2.24, 2.45) is 50.2 Å². The fourth-order valence-corrected chi connectivity index (χ4v) is 20.7. The second-order valence-corrected chi connectivity index (χ2v) is 34.1. The summed E-state index contributed by atoms with van der Waals surface area (Å²) in [5.74, 6) is -4.50. The molecule has 11 aliphatic rings. The molecule has 39 atom stereocenters. The number of carboxylic acid groups (broad SMARTS) is 1. The van der Waals surface area contributed by atoms with E-state index in [2.05, 4.69) is 6.92 Å². The molecule has 1 aromatic rings. The lowest BCUT2D eigenvalue weighted by Gasteiger charge is -2.71. The molecular formula is C76H114O37. The highest BCUT2D eigenvalue weighted by atomic mass is 16.8. The average molecular weight is 1620 g/mol. The van der Waals surface area contributed by atoms with Gasteiger partial charge in [-0.05, 0) is 136 Å². The van der Waals surface area contributed by atoms with E-state index in [0.717, 1.165) is 11.6 Å². The van der Waals surface area contributed by atoms with Crippen LogP contribution in [-0.2, 0) is 76.0 Å². The SMILES string of the molecule is COc1ccc(C=CC(=O)O[C@@H]2[C@H](O[C@@H]3O[C@H](CO)[C@@H](O)[C@H](O)[C@H]3O)[C@@H](O[C@@H]3O[C@@H](C)[C@H](O[C@@H]4OC[C@@H](O[C@@H]5O[C@H](CO)[C@H](O)[C@H](O)[C@H]5O)[C@H](O)[C@H]4O)[C@@H](O)[C@H]3O)[C@H](OC(=O)[C@]34CCC(C)(C)C[C@H]3C3=CC[C@@H]5[C@@]6(C)C[C@H](O)[C@H](O[C@@H]7O[C@H](CO)[C@@H](O)[C@H](O)[C@H]7O)[C@@](C)(C(=O)O)[C@@H]6CC[C@@]5(C)[C@]3(CO)CC4)O[C@@H]2C)cc1OC. The van der Waals surface area contributed by atoms with E-state index in [9.17, 15) is 107 Å². The zero-order valence-corrected chi connectivity index (χ0v) is 64.3. The summed E-state index contributed by atoms with van der Waals surface area (Å²) in [6.45, 7) is 8.72. The molecule has 6 saturated heterocycles. The summed E-state index contributed by atoms with van der Waals surface area (Å²) in [6, 6.07) is 4.75. The summed E-state index contributed by atoms with van der Waals surface area (Å²) < 4.78 is 90.7. The number of carbonyl (C=O) groups excluding carboxylic acids is 2. The van der Waals surface area contributed by atoms with Crippen LogP contribution in [0.15, 0.2) is 35.9 Å². The fraction of sp³-hybridized carbons (Fsp3) is 0.829. The molecule has 0 spiro atoms. The van der Waals surface area contributed by atoms with Crippen LogP contribution in [0.3, 0.4) is 0 Å². The van der Waals surface area contributed by atoms with Crippen LogP contribution in [0.5, 0.6) is 11.5 Å². The minimum atomic E-state index is -2.23. The van der Waals surface area contributed by atoms with Crippen molar-refractivity contribution < 1.29 is 182 Å². The van der Waals surface area contributed by atoms with Gasteiger partial charge in [-0.3, -0.25) is 9.59 Å². The molecule has 19 N–H and O–H groups in total. The third kappa shape index (κ3) is 15.6. The zero-order valence-electron chi connectivity index (χ0n) is 64.3. The number of fused-ring (bicyclic) bond motifs is 7. The highest BCUT2D eigenvalue weighted by Gasteiger charge is 2.74. The van der Waals surface area contributed by atoms with Crippen LogP contribution >= 0.6 is 0 Å². The van der Waals surface area contributed by atoms with Gasteiger partial charge in [0, 0.05) is 11.5 Å². The predicted octanol–water partition coefficient (Wildman–Crippen LogP) is -4.40. The Labute approximate surface area is 651 Å². The van der Waals surface area contributed by atoms with Gasteiger partial charge in [0.15, 0.2) is 55.2 Å². The van der Waals surface area contributed by atoms with Crippen molar-refractivity contribution in [1.29, 1.82) is 0 Å². The number of hydrogen-bond donors (Lipinski definition) is 19. The van der Waals surface area contributed by atoms with Crippen molar-refractivity contribution in [2.75, 3.05) is 47.3 Å². The first kappa shape index (κ1) is 87.9. The second kappa shape index (κ2) is 34.0.